The number of Topliss-reactive ketones (excluding diaryl/α,β-unsaturated/α-hetero) is 1. The van der Waals surface area contributed by atoms with Crippen LogP contribution in [0.5, 0.6) is 5.75 Å². The van der Waals surface area contributed by atoms with Crippen LogP contribution in [0.2, 0.25) is 0 Å². The van der Waals surface area contributed by atoms with Gasteiger partial charge in [-0.15, -0.1) is 0 Å². The molecule has 0 aliphatic carbocycles. The first-order valence-electron chi connectivity index (χ1n) is 7.72. The monoisotopic (exact) mass is 332 g/mol. The van der Waals surface area contributed by atoms with Crippen LogP contribution in [0.3, 0.4) is 0 Å². The Bertz CT molecular complexity index is 893. The number of benzene rings is 3. The average Bonchev–Trinajstić information content (AvgIpc) is 2.67. The van der Waals surface area contributed by atoms with Gasteiger partial charge in [0.05, 0.1) is 16.9 Å². The summed E-state index contributed by atoms with van der Waals surface area (Å²) in [4.78, 5) is 12.5. The Labute approximate surface area is 144 Å². The van der Waals surface area contributed by atoms with E-state index in [1.165, 1.54) is 12.1 Å². The van der Waals surface area contributed by atoms with Crippen LogP contribution in [0.1, 0.15) is 22.0 Å². The molecule has 0 fully saturated rings. The molecule has 1 unspecified atom stereocenters. The Morgan fingerprint density at radius 2 is 1.40 bits per heavy atom. The number of azo groups is 1. The molecule has 0 aromatic heterocycles. The third-order valence-corrected chi connectivity index (χ3v) is 3.65. The summed E-state index contributed by atoms with van der Waals surface area (Å²) in [5.74, 6) is -0.806. The summed E-state index contributed by atoms with van der Waals surface area (Å²) in [5, 5.41) is 28.4. The van der Waals surface area contributed by atoms with Crippen LogP contribution in [0.4, 0.5) is 11.4 Å². The van der Waals surface area contributed by atoms with Gasteiger partial charge in [-0.1, -0.05) is 48.5 Å². The molecular formula is C20H16N2O3. The SMILES string of the molecule is O=C(c1cc(N=Nc2ccccc2)ccc1O)C(O)c1ccccc1. The van der Waals surface area contributed by atoms with Gasteiger partial charge in [-0.2, -0.15) is 10.2 Å². The Balaban J connectivity index is 1.86. The normalized spacial score (nSPS) is 12.2. The van der Waals surface area contributed by atoms with Crippen LogP contribution < -0.4 is 0 Å². The molecule has 124 valence electrons. The molecule has 0 amide bonds. The molecule has 0 radical (unpaired) electrons. The largest absolute Gasteiger partial charge is 0.507 e. The topological polar surface area (TPSA) is 82.2 Å². The summed E-state index contributed by atoms with van der Waals surface area (Å²) >= 11 is 0. The van der Waals surface area contributed by atoms with Gasteiger partial charge in [0.1, 0.15) is 11.9 Å². The molecule has 0 spiro atoms. The van der Waals surface area contributed by atoms with Crippen molar-refractivity contribution in [3.8, 4) is 5.75 Å². The van der Waals surface area contributed by atoms with Gasteiger partial charge >= 0.3 is 0 Å². The van der Waals surface area contributed by atoms with Crippen molar-refractivity contribution in [3.63, 3.8) is 0 Å². The Morgan fingerprint density at radius 3 is 2.08 bits per heavy atom. The first kappa shape index (κ1) is 16.5. The molecule has 2 N–H and O–H groups in total. The number of carbonyl (C=O) groups is 1. The molecule has 0 saturated heterocycles. The number of hydrogen-bond acceptors (Lipinski definition) is 5. The van der Waals surface area contributed by atoms with Crippen molar-refractivity contribution < 1.29 is 15.0 Å². The molecule has 1 atom stereocenters. The third-order valence-electron chi connectivity index (χ3n) is 3.65. The predicted molar refractivity (Wildman–Crippen MR) is 94.5 cm³/mol. The third kappa shape index (κ3) is 3.97. The lowest BCUT2D eigenvalue weighted by molar-refractivity contribution is 0.0744. The van der Waals surface area contributed by atoms with Gasteiger partial charge in [0.15, 0.2) is 5.78 Å². The number of rotatable bonds is 5. The number of nitrogens with zero attached hydrogens (tertiary/aromatic N) is 2. The van der Waals surface area contributed by atoms with Crippen LogP contribution in [0.25, 0.3) is 0 Å². The maximum atomic E-state index is 12.5. The van der Waals surface area contributed by atoms with E-state index in [4.69, 9.17) is 0 Å². The molecule has 0 aliphatic rings. The highest BCUT2D eigenvalue weighted by molar-refractivity contribution is 6.02. The zero-order valence-corrected chi connectivity index (χ0v) is 13.3. The summed E-state index contributed by atoms with van der Waals surface area (Å²) in [5.41, 5.74) is 1.54. The minimum absolute atomic E-state index is 0.000801. The number of hydrogen-bond donors (Lipinski definition) is 2. The maximum absolute atomic E-state index is 12.5. The molecule has 5 nitrogen and oxygen atoms in total. The molecule has 5 heteroatoms. The minimum Gasteiger partial charge on any atom is -0.507 e. The number of phenolic OH excluding ortho intramolecular Hbond substituents is 1. The zero-order chi connectivity index (χ0) is 17.6. The highest BCUT2D eigenvalue weighted by Gasteiger charge is 2.22. The number of phenols is 1. The maximum Gasteiger partial charge on any atom is 0.199 e. The van der Waals surface area contributed by atoms with Crippen molar-refractivity contribution >= 4 is 17.2 Å². The van der Waals surface area contributed by atoms with E-state index in [2.05, 4.69) is 10.2 Å². The van der Waals surface area contributed by atoms with Crippen molar-refractivity contribution in [2.75, 3.05) is 0 Å². The van der Waals surface area contributed by atoms with E-state index in [1.807, 2.05) is 18.2 Å². The molecule has 3 aromatic rings. The van der Waals surface area contributed by atoms with Crippen molar-refractivity contribution in [1.29, 1.82) is 0 Å². The highest BCUT2D eigenvalue weighted by atomic mass is 16.3. The summed E-state index contributed by atoms with van der Waals surface area (Å²) in [6.45, 7) is 0. The zero-order valence-electron chi connectivity index (χ0n) is 13.3. The first-order chi connectivity index (χ1) is 12.1. The van der Waals surface area contributed by atoms with Crippen molar-refractivity contribution in [1.82, 2.24) is 0 Å². The number of aliphatic hydroxyl groups excluding tert-OH is 1. The van der Waals surface area contributed by atoms with E-state index in [1.54, 1.807) is 48.5 Å². The Hall–Kier alpha value is -3.31. The van der Waals surface area contributed by atoms with Gasteiger partial charge in [-0.3, -0.25) is 4.79 Å². The molecule has 0 bridgehead atoms. The van der Waals surface area contributed by atoms with E-state index in [-0.39, 0.29) is 11.3 Å². The van der Waals surface area contributed by atoms with Gasteiger partial charge < -0.3 is 10.2 Å². The van der Waals surface area contributed by atoms with Crippen LogP contribution in [-0.4, -0.2) is 16.0 Å². The Morgan fingerprint density at radius 1 is 0.800 bits per heavy atom. The lowest BCUT2D eigenvalue weighted by Crippen LogP contribution is -2.12. The fourth-order valence-electron chi connectivity index (χ4n) is 2.33. The molecule has 3 rings (SSSR count). The molecule has 0 saturated carbocycles. The predicted octanol–water partition coefficient (Wildman–Crippen LogP) is 4.72. The number of aliphatic hydroxyl groups is 1. The smallest absolute Gasteiger partial charge is 0.199 e. The van der Waals surface area contributed by atoms with E-state index in [0.717, 1.165) is 0 Å². The van der Waals surface area contributed by atoms with Crippen LogP contribution >= 0.6 is 0 Å². The quantitative estimate of drug-likeness (QED) is 0.523. The van der Waals surface area contributed by atoms with Gasteiger partial charge in [-0.25, -0.2) is 0 Å². The van der Waals surface area contributed by atoms with Crippen LogP contribution in [0.15, 0.2) is 89.1 Å². The molecule has 25 heavy (non-hydrogen) atoms. The first-order valence-corrected chi connectivity index (χ1v) is 7.72. The molecule has 0 aliphatic heterocycles. The summed E-state index contributed by atoms with van der Waals surface area (Å²) in [6.07, 6.45) is -1.35. The lowest BCUT2D eigenvalue weighted by Gasteiger charge is -2.11. The lowest BCUT2D eigenvalue weighted by atomic mass is 9.99. The van der Waals surface area contributed by atoms with Gasteiger partial charge in [0.25, 0.3) is 0 Å². The molecule has 0 heterocycles. The molecular weight excluding hydrogens is 316 g/mol. The minimum atomic E-state index is -1.35. The number of carbonyl (C=O) groups excluding carboxylic acids is 1. The van der Waals surface area contributed by atoms with Crippen LogP contribution in [-0.2, 0) is 0 Å². The van der Waals surface area contributed by atoms with Crippen molar-refractivity contribution in [2.24, 2.45) is 10.2 Å². The second-order valence-electron chi connectivity index (χ2n) is 5.41. The average molecular weight is 332 g/mol. The summed E-state index contributed by atoms with van der Waals surface area (Å²) in [6, 6.07) is 22.1. The van der Waals surface area contributed by atoms with Crippen molar-refractivity contribution in [3.05, 3.63) is 90.0 Å². The van der Waals surface area contributed by atoms with Crippen LogP contribution in [0, 0.1) is 0 Å². The highest BCUT2D eigenvalue weighted by Crippen LogP contribution is 2.29. The number of aromatic hydroxyl groups is 1. The van der Waals surface area contributed by atoms with E-state index < -0.39 is 11.9 Å². The fraction of sp³-hybridized carbons (Fsp3) is 0.0500. The van der Waals surface area contributed by atoms with E-state index in [9.17, 15) is 15.0 Å². The summed E-state index contributed by atoms with van der Waals surface area (Å²) < 4.78 is 0. The van der Waals surface area contributed by atoms with E-state index in [0.29, 0.717) is 16.9 Å². The fourth-order valence-corrected chi connectivity index (χ4v) is 2.33. The van der Waals surface area contributed by atoms with E-state index >= 15 is 0 Å². The van der Waals surface area contributed by atoms with Gasteiger partial charge in [0, 0.05) is 0 Å². The Kier molecular flexibility index (Phi) is 4.97. The van der Waals surface area contributed by atoms with Gasteiger partial charge in [-0.05, 0) is 35.9 Å². The number of ketones is 1. The van der Waals surface area contributed by atoms with Gasteiger partial charge in [0.2, 0.25) is 0 Å². The van der Waals surface area contributed by atoms with Crippen molar-refractivity contribution in [2.45, 2.75) is 6.10 Å². The standard InChI is InChI=1S/C20H16N2O3/c23-18-12-11-16(22-21-15-9-5-2-6-10-15)13-17(18)20(25)19(24)14-7-3-1-4-8-14/h1-13,19,23-24H. The second kappa shape index (κ2) is 7.51. The second-order valence-corrected chi connectivity index (χ2v) is 5.41. The molecule has 3 aromatic carbocycles. The summed E-state index contributed by atoms with van der Waals surface area (Å²) in [7, 11) is 0.